The normalized spacial score (nSPS) is 44.6. The van der Waals surface area contributed by atoms with Gasteiger partial charge in [0.05, 0.1) is 31.0 Å². The predicted molar refractivity (Wildman–Crippen MR) is 87.4 cm³/mol. The van der Waals surface area contributed by atoms with E-state index in [0.29, 0.717) is 19.4 Å². The molecule has 5 heteroatoms. The molecular weight excluding hydrogens is 308 g/mol. The Morgan fingerprint density at radius 1 is 1.25 bits per heavy atom. The van der Waals surface area contributed by atoms with E-state index in [9.17, 15) is 5.11 Å². The molecule has 0 bridgehead atoms. The van der Waals surface area contributed by atoms with Crippen LogP contribution in [0, 0.1) is 0 Å². The van der Waals surface area contributed by atoms with Crippen molar-refractivity contribution in [1.29, 1.82) is 0 Å². The Kier molecular flexibility index (Phi) is 4.22. The molecule has 0 aliphatic carbocycles. The standard InChI is InChI=1S/C19H24O5/c1-3-19(2)17(24-19)10-14-13(20)9-15-16(22-14)11-21-18(23-15)12-7-5-4-6-8-12/h3-8,13-18,20H,1,9-11H2,2H3/t13-,14+,15+,16-,17-,18?,19-/m1/s1. The average molecular weight is 332 g/mol. The summed E-state index contributed by atoms with van der Waals surface area (Å²) in [5.74, 6) is 0. The van der Waals surface area contributed by atoms with Gasteiger partial charge in [-0.1, -0.05) is 36.4 Å². The molecule has 1 unspecified atom stereocenters. The molecule has 5 nitrogen and oxygen atoms in total. The maximum Gasteiger partial charge on any atom is 0.184 e. The average Bonchev–Trinajstić information content (AvgIpc) is 3.26. The lowest BCUT2D eigenvalue weighted by molar-refractivity contribution is -0.302. The van der Waals surface area contributed by atoms with Crippen LogP contribution >= 0.6 is 0 Å². The van der Waals surface area contributed by atoms with Crippen LogP contribution in [0.5, 0.6) is 0 Å². The Balaban J connectivity index is 1.37. The van der Waals surface area contributed by atoms with Crippen LogP contribution in [0.15, 0.2) is 43.0 Å². The third kappa shape index (κ3) is 3.03. The topological polar surface area (TPSA) is 60.5 Å². The number of fused-ring (bicyclic) bond motifs is 1. The highest BCUT2D eigenvalue weighted by Crippen LogP contribution is 2.43. The number of hydrogen-bond acceptors (Lipinski definition) is 5. The number of benzene rings is 1. The summed E-state index contributed by atoms with van der Waals surface area (Å²) in [5.41, 5.74) is 0.707. The van der Waals surface area contributed by atoms with Gasteiger partial charge in [-0.2, -0.15) is 0 Å². The van der Waals surface area contributed by atoms with E-state index in [1.54, 1.807) is 0 Å². The highest BCUT2D eigenvalue weighted by atomic mass is 16.7. The van der Waals surface area contributed by atoms with Crippen LogP contribution in [-0.2, 0) is 18.9 Å². The minimum Gasteiger partial charge on any atom is -0.390 e. The summed E-state index contributed by atoms with van der Waals surface area (Å²) in [6.45, 7) is 6.26. The van der Waals surface area contributed by atoms with Crippen molar-refractivity contribution in [2.24, 2.45) is 0 Å². The van der Waals surface area contributed by atoms with Crippen LogP contribution < -0.4 is 0 Å². The van der Waals surface area contributed by atoms with E-state index in [1.807, 2.05) is 43.3 Å². The highest BCUT2D eigenvalue weighted by Gasteiger charge is 2.53. The van der Waals surface area contributed by atoms with Gasteiger partial charge in [-0.25, -0.2) is 0 Å². The van der Waals surface area contributed by atoms with Gasteiger partial charge < -0.3 is 24.1 Å². The number of hydrogen-bond donors (Lipinski definition) is 1. The van der Waals surface area contributed by atoms with Gasteiger partial charge in [0.25, 0.3) is 0 Å². The van der Waals surface area contributed by atoms with E-state index in [-0.39, 0.29) is 30.0 Å². The minimum absolute atomic E-state index is 0.0636. The molecule has 7 atom stereocenters. The molecule has 0 amide bonds. The van der Waals surface area contributed by atoms with Crippen LogP contribution in [0.2, 0.25) is 0 Å². The lowest BCUT2D eigenvalue weighted by atomic mass is 9.92. The first kappa shape index (κ1) is 16.2. The summed E-state index contributed by atoms with van der Waals surface area (Å²) < 4.78 is 23.6. The molecule has 3 aliphatic rings. The van der Waals surface area contributed by atoms with Crippen molar-refractivity contribution in [1.82, 2.24) is 0 Å². The second-order valence-corrected chi connectivity index (χ2v) is 7.00. The Labute approximate surface area is 142 Å². The number of aliphatic hydroxyl groups excluding tert-OH is 1. The fraction of sp³-hybridized carbons (Fsp3) is 0.579. The van der Waals surface area contributed by atoms with Crippen molar-refractivity contribution in [2.45, 2.75) is 62.2 Å². The van der Waals surface area contributed by atoms with Crippen molar-refractivity contribution in [3.8, 4) is 0 Å². The van der Waals surface area contributed by atoms with Crippen molar-refractivity contribution >= 4 is 0 Å². The molecule has 1 aromatic rings. The molecule has 0 aromatic heterocycles. The summed E-state index contributed by atoms with van der Waals surface area (Å²) in [4.78, 5) is 0. The van der Waals surface area contributed by atoms with Crippen molar-refractivity contribution in [2.75, 3.05) is 6.61 Å². The largest absolute Gasteiger partial charge is 0.390 e. The zero-order valence-electron chi connectivity index (χ0n) is 13.8. The monoisotopic (exact) mass is 332 g/mol. The predicted octanol–water partition coefficient (Wildman–Crippen LogP) is 2.35. The summed E-state index contributed by atoms with van der Waals surface area (Å²) in [5, 5.41) is 10.5. The zero-order chi connectivity index (χ0) is 16.7. The quantitative estimate of drug-likeness (QED) is 0.677. The molecule has 0 radical (unpaired) electrons. The van der Waals surface area contributed by atoms with Crippen LogP contribution in [-0.4, -0.2) is 47.8 Å². The molecule has 0 saturated carbocycles. The lowest BCUT2D eigenvalue weighted by Gasteiger charge is -2.44. The third-order valence-electron chi connectivity index (χ3n) is 5.28. The van der Waals surface area contributed by atoms with Gasteiger partial charge in [0.1, 0.15) is 11.7 Å². The van der Waals surface area contributed by atoms with Crippen LogP contribution in [0.1, 0.15) is 31.6 Å². The van der Waals surface area contributed by atoms with Crippen LogP contribution in [0.3, 0.4) is 0 Å². The third-order valence-corrected chi connectivity index (χ3v) is 5.28. The molecule has 3 heterocycles. The van der Waals surface area contributed by atoms with Gasteiger partial charge in [0.2, 0.25) is 0 Å². The summed E-state index contributed by atoms with van der Waals surface area (Å²) in [6.07, 6.45) is 1.59. The number of ether oxygens (including phenoxy) is 4. The zero-order valence-corrected chi connectivity index (χ0v) is 13.8. The van der Waals surface area contributed by atoms with Crippen LogP contribution in [0.25, 0.3) is 0 Å². The first-order chi connectivity index (χ1) is 11.6. The highest BCUT2D eigenvalue weighted by molar-refractivity contribution is 5.16. The molecular formula is C19H24O5. The maximum atomic E-state index is 10.5. The van der Waals surface area contributed by atoms with E-state index in [2.05, 4.69) is 6.58 Å². The molecule has 130 valence electrons. The molecule has 1 N–H and O–H groups in total. The first-order valence-corrected chi connectivity index (χ1v) is 8.56. The minimum atomic E-state index is -0.556. The first-order valence-electron chi connectivity index (χ1n) is 8.56. The van der Waals surface area contributed by atoms with Gasteiger partial charge >= 0.3 is 0 Å². The molecule has 24 heavy (non-hydrogen) atoms. The maximum absolute atomic E-state index is 10.5. The molecule has 3 aliphatic heterocycles. The van der Waals surface area contributed by atoms with E-state index < -0.39 is 12.4 Å². The fourth-order valence-electron chi connectivity index (χ4n) is 3.56. The Morgan fingerprint density at radius 3 is 2.75 bits per heavy atom. The number of epoxide rings is 1. The lowest BCUT2D eigenvalue weighted by Crippen LogP contribution is -2.53. The summed E-state index contributed by atoms with van der Waals surface area (Å²) >= 11 is 0. The van der Waals surface area contributed by atoms with Gasteiger partial charge in [0, 0.05) is 18.4 Å². The Bertz CT molecular complexity index is 591. The van der Waals surface area contributed by atoms with E-state index in [1.165, 1.54) is 0 Å². The second kappa shape index (κ2) is 6.24. The SMILES string of the molecule is C=C[C@@]1(C)O[C@@H]1C[C@@H]1O[C@@H]2COC(c3ccccc3)O[C@H]2C[C@H]1O. The molecule has 1 aromatic carbocycles. The fourth-order valence-corrected chi connectivity index (χ4v) is 3.56. The van der Waals surface area contributed by atoms with Crippen LogP contribution in [0.4, 0.5) is 0 Å². The van der Waals surface area contributed by atoms with E-state index >= 15 is 0 Å². The number of rotatable bonds is 4. The second-order valence-electron chi connectivity index (χ2n) is 7.00. The summed E-state index contributed by atoms with van der Waals surface area (Å²) in [6, 6.07) is 9.85. The Morgan fingerprint density at radius 2 is 2.04 bits per heavy atom. The molecule has 0 spiro atoms. The van der Waals surface area contributed by atoms with Gasteiger partial charge in [-0.15, -0.1) is 6.58 Å². The molecule has 4 rings (SSSR count). The smallest absolute Gasteiger partial charge is 0.184 e. The molecule has 3 saturated heterocycles. The van der Waals surface area contributed by atoms with Gasteiger partial charge in [-0.05, 0) is 6.92 Å². The van der Waals surface area contributed by atoms with E-state index in [4.69, 9.17) is 18.9 Å². The summed E-state index contributed by atoms with van der Waals surface area (Å²) in [7, 11) is 0. The molecule has 3 fully saturated rings. The van der Waals surface area contributed by atoms with Crippen molar-refractivity contribution in [3.63, 3.8) is 0 Å². The van der Waals surface area contributed by atoms with E-state index in [0.717, 1.165) is 5.56 Å². The van der Waals surface area contributed by atoms with Gasteiger partial charge in [0.15, 0.2) is 6.29 Å². The van der Waals surface area contributed by atoms with Crippen molar-refractivity contribution in [3.05, 3.63) is 48.6 Å². The van der Waals surface area contributed by atoms with Gasteiger partial charge in [-0.3, -0.25) is 0 Å². The van der Waals surface area contributed by atoms with Crippen molar-refractivity contribution < 1.29 is 24.1 Å². The Hall–Kier alpha value is -1.24. The number of aliphatic hydroxyl groups is 1.